The Morgan fingerprint density at radius 3 is 2.43 bits per heavy atom. The van der Waals surface area contributed by atoms with Gasteiger partial charge in [0.05, 0.1) is 0 Å². The third-order valence-corrected chi connectivity index (χ3v) is 1.56. The summed E-state index contributed by atoms with van der Waals surface area (Å²) in [7, 11) is 0. The quantitative estimate of drug-likeness (QED) is 0.271. The number of aryl methyl sites for hydroxylation is 1. The Bertz CT molecular complexity index is 294. The molecule has 0 fully saturated rings. The van der Waals surface area contributed by atoms with E-state index in [1.54, 1.807) is 0 Å². The first kappa shape index (κ1) is 12.4. The molecule has 0 saturated heterocycles. The molecule has 14 heavy (non-hydrogen) atoms. The van der Waals surface area contributed by atoms with E-state index in [9.17, 15) is 0 Å². The molecule has 4 heteroatoms. The Balaban J connectivity index is 0.000000791. The summed E-state index contributed by atoms with van der Waals surface area (Å²) in [6.45, 7) is 5.99. The highest BCUT2D eigenvalue weighted by Crippen LogP contribution is 2.03. The van der Waals surface area contributed by atoms with Crippen molar-refractivity contribution >= 4 is 5.84 Å². The molecular formula is C10H18N4. The van der Waals surface area contributed by atoms with Crippen LogP contribution in [-0.2, 0) is 0 Å². The van der Waals surface area contributed by atoms with Crippen LogP contribution >= 0.6 is 0 Å². The van der Waals surface area contributed by atoms with Gasteiger partial charge in [0.25, 0.3) is 0 Å². The second-order valence-corrected chi connectivity index (χ2v) is 2.49. The van der Waals surface area contributed by atoms with E-state index in [1.807, 2.05) is 45.0 Å². The Kier molecular flexibility index (Phi) is 6.15. The molecule has 0 heterocycles. The average molecular weight is 194 g/mol. The molecule has 78 valence electrons. The number of nitrogens with one attached hydrogen (secondary N) is 1. The molecule has 4 nitrogen and oxygen atoms in total. The van der Waals surface area contributed by atoms with Crippen LogP contribution in [0.4, 0.5) is 0 Å². The Hall–Kier alpha value is -1.55. The zero-order chi connectivity index (χ0) is 11.0. The Labute approximate surface area is 85.0 Å². The number of hydrazone groups is 1. The molecule has 5 N–H and O–H groups in total. The number of nitrogens with zero attached hydrogens (tertiary/aromatic N) is 1. The molecule has 0 amide bonds. The molecule has 0 spiro atoms. The second-order valence-electron chi connectivity index (χ2n) is 2.49. The van der Waals surface area contributed by atoms with Crippen molar-refractivity contribution in [2.24, 2.45) is 16.8 Å². The van der Waals surface area contributed by atoms with Gasteiger partial charge in [0.1, 0.15) is 0 Å². The molecule has 0 aromatic heterocycles. The second kappa shape index (κ2) is 6.91. The van der Waals surface area contributed by atoms with Crippen LogP contribution in [0.1, 0.15) is 25.0 Å². The fourth-order valence-electron chi connectivity index (χ4n) is 0.987. The van der Waals surface area contributed by atoms with Crippen molar-refractivity contribution in [2.45, 2.75) is 20.8 Å². The van der Waals surface area contributed by atoms with E-state index >= 15 is 0 Å². The fourth-order valence-corrected chi connectivity index (χ4v) is 0.987. The summed E-state index contributed by atoms with van der Waals surface area (Å²) in [5.41, 5.74) is 4.45. The first-order valence-corrected chi connectivity index (χ1v) is 4.59. The fraction of sp³-hybridized carbons (Fsp3) is 0.300. The van der Waals surface area contributed by atoms with Gasteiger partial charge in [-0.2, -0.15) is 5.10 Å². The summed E-state index contributed by atoms with van der Waals surface area (Å²) in [6, 6.07) is 7.76. The molecule has 0 unspecified atom stereocenters. The van der Waals surface area contributed by atoms with Crippen LogP contribution in [0.5, 0.6) is 0 Å². The predicted molar refractivity (Wildman–Crippen MR) is 60.6 cm³/mol. The number of hydrogen-bond acceptors (Lipinski definition) is 3. The lowest BCUT2D eigenvalue weighted by Gasteiger charge is -2.03. The minimum absolute atomic E-state index is 0.485. The van der Waals surface area contributed by atoms with E-state index < -0.39 is 0 Å². The van der Waals surface area contributed by atoms with E-state index in [4.69, 9.17) is 11.7 Å². The molecule has 1 aromatic carbocycles. The summed E-state index contributed by atoms with van der Waals surface area (Å²) >= 11 is 0. The maximum Gasteiger partial charge on any atom is 0.166 e. The summed E-state index contributed by atoms with van der Waals surface area (Å²) in [6.07, 6.45) is 0. The van der Waals surface area contributed by atoms with Gasteiger partial charge >= 0.3 is 0 Å². The number of benzene rings is 1. The Morgan fingerprint density at radius 1 is 1.36 bits per heavy atom. The van der Waals surface area contributed by atoms with Crippen molar-refractivity contribution in [1.29, 1.82) is 0 Å². The zero-order valence-electron chi connectivity index (χ0n) is 8.91. The molecule has 0 aliphatic heterocycles. The first-order valence-electron chi connectivity index (χ1n) is 4.59. The van der Waals surface area contributed by atoms with Crippen molar-refractivity contribution in [1.82, 2.24) is 5.43 Å². The predicted octanol–water partition coefficient (Wildman–Crippen LogP) is 1.10. The van der Waals surface area contributed by atoms with Gasteiger partial charge in [-0.3, -0.25) is 0 Å². The van der Waals surface area contributed by atoms with Crippen LogP contribution in [0.3, 0.4) is 0 Å². The number of amidine groups is 1. The zero-order valence-corrected chi connectivity index (χ0v) is 8.91. The van der Waals surface area contributed by atoms with Crippen LogP contribution in [-0.4, -0.2) is 5.84 Å². The van der Waals surface area contributed by atoms with Crippen LogP contribution in [0, 0.1) is 6.92 Å². The molecule has 0 radical (unpaired) electrons. The van der Waals surface area contributed by atoms with Gasteiger partial charge in [0.15, 0.2) is 5.84 Å². The SMILES string of the molecule is CC.Cc1cccc(/C(=N/N)NN)c1. The Morgan fingerprint density at radius 2 is 2.00 bits per heavy atom. The number of rotatable bonds is 1. The van der Waals surface area contributed by atoms with Gasteiger partial charge < -0.3 is 11.3 Å². The van der Waals surface area contributed by atoms with E-state index in [2.05, 4.69) is 10.5 Å². The summed E-state index contributed by atoms with van der Waals surface area (Å²) in [5.74, 6) is 10.8. The summed E-state index contributed by atoms with van der Waals surface area (Å²) in [4.78, 5) is 0. The normalized spacial score (nSPS) is 10.1. The monoisotopic (exact) mass is 194 g/mol. The summed E-state index contributed by atoms with van der Waals surface area (Å²) in [5, 5.41) is 3.50. The molecule has 0 saturated carbocycles. The molecular weight excluding hydrogens is 176 g/mol. The molecule has 0 aliphatic rings. The van der Waals surface area contributed by atoms with Crippen LogP contribution in [0.25, 0.3) is 0 Å². The smallest absolute Gasteiger partial charge is 0.166 e. The van der Waals surface area contributed by atoms with Gasteiger partial charge in [-0.25, -0.2) is 5.84 Å². The van der Waals surface area contributed by atoms with Crippen molar-refractivity contribution in [3.8, 4) is 0 Å². The number of hydrazine groups is 1. The maximum atomic E-state index is 5.20. The highest BCUT2D eigenvalue weighted by molar-refractivity contribution is 5.98. The molecule has 0 aliphatic carbocycles. The van der Waals surface area contributed by atoms with Crippen LogP contribution in [0.2, 0.25) is 0 Å². The van der Waals surface area contributed by atoms with Crippen molar-refractivity contribution in [2.75, 3.05) is 0 Å². The van der Waals surface area contributed by atoms with Gasteiger partial charge in [0, 0.05) is 5.56 Å². The van der Waals surface area contributed by atoms with Crippen molar-refractivity contribution in [3.05, 3.63) is 35.4 Å². The average Bonchev–Trinajstić information content (AvgIpc) is 2.23. The van der Waals surface area contributed by atoms with E-state index in [-0.39, 0.29) is 0 Å². The van der Waals surface area contributed by atoms with Crippen LogP contribution < -0.4 is 17.1 Å². The van der Waals surface area contributed by atoms with Crippen molar-refractivity contribution < 1.29 is 0 Å². The lowest BCUT2D eigenvalue weighted by atomic mass is 10.1. The lowest BCUT2D eigenvalue weighted by molar-refractivity contribution is 1.00. The minimum atomic E-state index is 0.485. The van der Waals surface area contributed by atoms with Gasteiger partial charge in [-0.15, -0.1) is 0 Å². The van der Waals surface area contributed by atoms with E-state index in [0.29, 0.717) is 5.84 Å². The first-order chi connectivity index (χ1) is 6.77. The standard InChI is InChI=1S/C8H12N4.C2H6/c1-6-3-2-4-7(5-6)8(11-9)12-10;1-2/h2-5H,9-10H2,1H3,(H,11,12);1-2H3. The van der Waals surface area contributed by atoms with Gasteiger partial charge in [0.2, 0.25) is 0 Å². The van der Waals surface area contributed by atoms with Gasteiger partial charge in [-0.1, -0.05) is 37.6 Å². The van der Waals surface area contributed by atoms with Crippen molar-refractivity contribution in [3.63, 3.8) is 0 Å². The number of hydrogen-bond donors (Lipinski definition) is 3. The number of nitrogens with two attached hydrogens (primary N) is 2. The molecule has 1 rings (SSSR count). The maximum absolute atomic E-state index is 5.20. The van der Waals surface area contributed by atoms with Crippen LogP contribution in [0.15, 0.2) is 29.4 Å². The van der Waals surface area contributed by atoms with Gasteiger partial charge in [-0.05, 0) is 13.0 Å². The van der Waals surface area contributed by atoms with E-state index in [0.717, 1.165) is 11.1 Å². The summed E-state index contributed by atoms with van der Waals surface area (Å²) < 4.78 is 0. The third-order valence-electron chi connectivity index (χ3n) is 1.56. The topological polar surface area (TPSA) is 76.4 Å². The molecule has 0 bridgehead atoms. The van der Waals surface area contributed by atoms with E-state index in [1.165, 1.54) is 0 Å². The third kappa shape index (κ3) is 3.45. The minimum Gasteiger partial charge on any atom is -0.321 e. The highest BCUT2D eigenvalue weighted by Gasteiger charge is 1.99. The largest absolute Gasteiger partial charge is 0.321 e. The molecule has 0 atom stereocenters. The lowest BCUT2D eigenvalue weighted by Crippen LogP contribution is -2.32. The molecule has 1 aromatic rings. The highest BCUT2D eigenvalue weighted by atomic mass is 15.3.